The van der Waals surface area contributed by atoms with Crippen molar-refractivity contribution in [1.29, 1.82) is 5.26 Å². The lowest BCUT2D eigenvalue weighted by Gasteiger charge is -2.14. The van der Waals surface area contributed by atoms with Crippen LogP contribution in [0.4, 0.5) is 0 Å². The Morgan fingerprint density at radius 3 is 2.18 bits per heavy atom. The first-order valence-corrected chi connectivity index (χ1v) is 7.11. The third kappa shape index (κ3) is 11.7. The number of unbranched alkanes of at least 4 members (excludes halogenated alkanes) is 5. The fourth-order valence-electron chi connectivity index (χ4n) is 1.76. The normalized spacial score (nSPS) is 11.4. The number of rotatable bonds is 11. The molecule has 0 radical (unpaired) electrons. The van der Waals surface area contributed by atoms with Crippen LogP contribution < -0.4 is 0 Å². The number of hydrogen-bond donors (Lipinski definition) is 0. The molecule has 0 fully saturated rings. The van der Waals surface area contributed by atoms with Crippen molar-refractivity contribution < 1.29 is 4.74 Å². The maximum atomic E-state index is 8.85. The fraction of sp³-hybridized carbons (Fsp3) is 0.933. The van der Waals surface area contributed by atoms with Gasteiger partial charge in [-0.25, -0.2) is 0 Å². The zero-order valence-electron chi connectivity index (χ0n) is 11.9. The molecule has 0 aliphatic heterocycles. The Morgan fingerprint density at radius 2 is 1.53 bits per heavy atom. The van der Waals surface area contributed by atoms with Gasteiger partial charge < -0.3 is 4.74 Å². The molecule has 0 aromatic rings. The lowest BCUT2D eigenvalue weighted by molar-refractivity contribution is 0.121. The van der Waals surface area contributed by atoms with E-state index in [1.807, 2.05) is 13.8 Å². The van der Waals surface area contributed by atoms with Crippen LogP contribution in [0.2, 0.25) is 0 Å². The SMILES string of the molecule is CCCCCCCCOCCCC(C)(C)C#N. The summed E-state index contributed by atoms with van der Waals surface area (Å²) in [6.07, 6.45) is 9.80. The second-order valence-corrected chi connectivity index (χ2v) is 5.48. The second-order valence-electron chi connectivity index (χ2n) is 5.48. The van der Waals surface area contributed by atoms with E-state index in [9.17, 15) is 0 Å². The van der Waals surface area contributed by atoms with Gasteiger partial charge in [-0.05, 0) is 33.1 Å². The number of ether oxygens (including phenoxy) is 1. The van der Waals surface area contributed by atoms with Crippen molar-refractivity contribution in [1.82, 2.24) is 0 Å². The van der Waals surface area contributed by atoms with Crippen LogP contribution in [0.1, 0.15) is 72.1 Å². The van der Waals surface area contributed by atoms with Gasteiger partial charge in [0, 0.05) is 13.2 Å². The third-order valence-electron chi connectivity index (χ3n) is 3.04. The van der Waals surface area contributed by atoms with Crippen LogP contribution in [0, 0.1) is 16.7 Å². The van der Waals surface area contributed by atoms with Crippen molar-refractivity contribution >= 4 is 0 Å². The van der Waals surface area contributed by atoms with Gasteiger partial charge in [0.05, 0.1) is 11.5 Å². The van der Waals surface area contributed by atoms with Crippen LogP contribution in [-0.4, -0.2) is 13.2 Å². The first kappa shape index (κ1) is 16.4. The molecular formula is C15H29NO. The molecule has 0 amide bonds. The van der Waals surface area contributed by atoms with E-state index in [4.69, 9.17) is 10.00 Å². The number of nitriles is 1. The lowest BCUT2D eigenvalue weighted by atomic mass is 9.90. The Balaban J connectivity index is 3.12. The maximum absolute atomic E-state index is 8.85. The van der Waals surface area contributed by atoms with Gasteiger partial charge in [0.25, 0.3) is 0 Å². The van der Waals surface area contributed by atoms with Gasteiger partial charge in [-0.2, -0.15) is 5.26 Å². The summed E-state index contributed by atoms with van der Waals surface area (Å²) >= 11 is 0. The van der Waals surface area contributed by atoms with Crippen LogP contribution in [0.15, 0.2) is 0 Å². The van der Waals surface area contributed by atoms with E-state index in [1.165, 1.54) is 38.5 Å². The predicted molar refractivity (Wildman–Crippen MR) is 72.8 cm³/mol. The second kappa shape index (κ2) is 10.6. The minimum atomic E-state index is -0.191. The van der Waals surface area contributed by atoms with Crippen LogP contribution >= 0.6 is 0 Å². The van der Waals surface area contributed by atoms with Gasteiger partial charge in [-0.1, -0.05) is 39.0 Å². The van der Waals surface area contributed by atoms with Crippen molar-refractivity contribution in [2.75, 3.05) is 13.2 Å². The van der Waals surface area contributed by atoms with Crippen molar-refractivity contribution in [2.24, 2.45) is 5.41 Å². The van der Waals surface area contributed by atoms with Crippen molar-refractivity contribution in [3.8, 4) is 6.07 Å². The molecule has 0 aliphatic carbocycles. The Bertz CT molecular complexity index is 205. The minimum Gasteiger partial charge on any atom is -0.381 e. The highest BCUT2D eigenvalue weighted by atomic mass is 16.5. The highest BCUT2D eigenvalue weighted by Gasteiger charge is 2.15. The van der Waals surface area contributed by atoms with Gasteiger partial charge in [0.15, 0.2) is 0 Å². The van der Waals surface area contributed by atoms with Crippen LogP contribution in [0.3, 0.4) is 0 Å². The Morgan fingerprint density at radius 1 is 0.941 bits per heavy atom. The van der Waals surface area contributed by atoms with Crippen molar-refractivity contribution in [3.63, 3.8) is 0 Å². The molecule has 0 aromatic heterocycles. The molecule has 0 unspecified atom stereocenters. The molecule has 0 aromatic carbocycles. The molecule has 2 heteroatoms. The van der Waals surface area contributed by atoms with Crippen molar-refractivity contribution in [3.05, 3.63) is 0 Å². The van der Waals surface area contributed by atoms with E-state index >= 15 is 0 Å². The Hall–Kier alpha value is -0.550. The van der Waals surface area contributed by atoms with E-state index < -0.39 is 0 Å². The molecule has 0 aliphatic rings. The summed E-state index contributed by atoms with van der Waals surface area (Å²) in [6, 6.07) is 2.32. The van der Waals surface area contributed by atoms with Crippen molar-refractivity contribution in [2.45, 2.75) is 72.1 Å². The zero-order valence-corrected chi connectivity index (χ0v) is 11.9. The summed E-state index contributed by atoms with van der Waals surface area (Å²) in [5.41, 5.74) is -0.191. The number of nitrogens with zero attached hydrogens (tertiary/aromatic N) is 1. The summed E-state index contributed by atoms with van der Waals surface area (Å²) < 4.78 is 5.57. The van der Waals surface area contributed by atoms with Gasteiger partial charge in [-0.3, -0.25) is 0 Å². The summed E-state index contributed by atoms with van der Waals surface area (Å²) in [5.74, 6) is 0. The summed E-state index contributed by atoms with van der Waals surface area (Å²) in [7, 11) is 0. The van der Waals surface area contributed by atoms with Gasteiger partial charge >= 0.3 is 0 Å². The summed E-state index contributed by atoms with van der Waals surface area (Å²) in [5, 5.41) is 8.85. The van der Waals surface area contributed by atoms with E-state index in [1.54, 1.807) is 0 Å². The Labute approximate surface area is 107 Å². The van der Waals surface area contributed by atoms with Gasteiger partial charge in [0.1, 0.15) is 0 Å². The minimum absolute atomic E-state index is 0.191. The molecule has 17 heavy (non-hydrogen) atoms. The molecule has 100 valence electrons. The highest BCUT2D eigenvalue weighted by Crippen LogP contribution is 2.20. The van der Waals surface area contributed by atoms with Gasteiger partial charge in [-0.15, -0.1) is 0 Å². The smallest absolute Gasteiger partial charge is 0.0683 e. The third-order valence-corrected chi connectivity index (χ3v) is 3.04. The van der Waals surface area contributed by atoms with Crippen LogP contribution in [0.25, 0.3) is 0 Å². The largest absolute Gasteiger partial charge is 0.381 e. The molecule has 0 saturated heterocycles. The molecule has 0 N–H and O–H groups in total. The molecule has 0 atom stereocenters. The van der Waals surface area contributed by atoms with Crippen LogP contribution in [0.5, 0.6) is 0 Å². The first-order valence-electron chi connectivity index (χ1n) is 7.11. The van der Waals surface area contributed by atoms with Crippen LogP contribution in [-0.2, 0) is 4.74 Å². The number of hydrogen-bond acceptors (Lipinski definition) is 2. The standard InChI is InChI=1S/C15H29NO/c1-4-5-6-7-8-9-12-17-13-10-11-15(2,3)14-16/h4-13H2,1-3H3. The van der Waals surface area contributed by atoms with E-state index in [-0.39, 0.29) is 5.41 Å². The summed E-state index contributed by atoms with van der Waals surface area (Å²) in [4.78, 5) is 0. The zero-order chi connectivity index (χ0) is 13.0. The molecule has 0 heterocycles. The topological polar surface area (TPSA) is 33.0 Å². The molecule has 2 nitrogen and oxygen atoms in total. The quantitative estimate of drug-likeness (QED) is 0.490. The monoisotopic (exact) mass is 239 g/mol. The fourth-order valence-corrected chi connectivity index (χ4v) is 1.76. The predicted octanol–water partition coefficient (Wildman–Crippen LogP) is 4.69. The first-order chi connectivity index (χ1) is 8.12. The Kier molecular flexibility index (Phi) is 10.3. The lowest BCUT2D eigenvalue weighted by Crippen LogP contribution is -2.09. The van der Waals surface area contributed by atoms with E-state index in [0.29, 0.717) is 0 Å². The molecule has 0 bridgehead atoms. The summed E-state index contributed by atoms with van der Waals surface area (Å²) in [6.45, 7) is 7.91. The van der Waals surface area contributed by atoms with E-state index in [2.05, 4.69) is 13.0 Å². The highest BCUT2D eigenvalue weighted by molar-refractivity contribution is 4.91. The van der Waals surface area contributed by atoms with Gasteiger partial charge in [0.2, 0.25) is 0 Å². The molecule has 0 spiro atoms. The average molecular weight is 239 g/mol. The molecule has 0 saturated carbocycles. The maximum Gasteiger partial charge on any atom is 0.0683 e. The average Bonchev–Trinajstić information content (AvgIpc) is 2.31. The molecular weight excluding hydrogens is 210 g/mol. The van der Waals surface area contributed by atoms with E-state index in [0.717, 1.165) is 26.1 Å². The molecule has 0 rings (SSSR count).